The zero-order valence-corrected chi connectivity index (χ0v) is 12.3. The van der Waals surface area contributed by atoms with Crippen molar-refractivity contribution < 1.29 is 4.74 Å². The summed E-state index contributed by atoms with van der Waals surface area (Å²) in [7, 11) is 1.66. The van der Waals surface area contributed by atoms with Crippen LogP contribution in [-0.4, -0.2) is 7.11 Å². The zero-order valence-electron chi connectivity index (χ0n) is 12.3. The molecule has 2 heteroatoms. The summed E-state index contributed by atoms with van der Waals surface area (Å²) in [5, 5.41) is 11.3. The van der Waals surface area contributed by atoms with Crippen molar-refractivity contribution in [2.75, 3.05) is 7.11 Å². The van der Waals surface area contributed by atoms with Gasteiger partial charge in [-0.05, 0) is 46.2 Å². The third-order valence-electron chi connectivity index (χ3n) is 3.59. The Balaban J connectivity index is 2.02. The van der Waals surface area contributed by atoms with Crippen LogP contribution in [0.25, 0.3) is 22.9 Å². The summed E-state index contributed by atoms with van der Waals surface area (Å²) in [6.45, 7) is 0. The van der Waals surface area contributed by atoms with Crippen LogP contribution >= 0.6 is 0 Å². The molecule has 3 aromatic carbocycles. The normalized spacial score (nSPS) is 10.7. The molecule has 3 aromatic rings. The summed E-state index contributed by atoms with van der Waals surface area (Å²) in [6, 6.07) is 22.0. The molecule has 0 N–H and O–H groups in total. The molecule has 0 aliphatic heterocycles. The lowest BCUT2D eigenvalue weighted by Gasteiger charge is -2.03. The summed E-state index contributed by atoms with van der Waals surface area (Å²) >= 11 is 0. The second kappa shape index (κ2) is 6.15. The van der Waals surface area contributed by atoms with Crippen LogP contribution < -0.4 is 4.74 Å². The van der Waals surface area contributed by atoms with Crippen molar-refractivity contribution in [1.82, 2.24) is 0 Å². The number of benzene rings is 3. The van der Waals surface area contributed by atoms with E-state index in [0.29, 0.717) is 5.56 Å². The summed E-state index contributed by atoms with van der Waals surface area (Å²) in [5.74, 6) is 0.840. The molecule has 0 bridgehead atoms. The molecule has 0 atom stereocenters. The third-order valence-corrected chi connectivity index (χ3v) is 3.59. The Kier molecular flexibility index (Phi) is 3.89. The van der Waals surface area contributed by atoms with Gasteiger partial charge in [0.05, 0.1) is 18.7 Å². The van der Waals surface area contributed by atoms with E-state index in [1.54, 1.807) is 7.11 Å². The predicted molar refractivity (Wildman–Crippen MR) is 90.6 cm³/mol. The van der Waals surface area contributed by atoms with Gasteiger partial charge in [-0.25, -0.2) is 0 Å². The fourth-order valence-electron chi connectivity index (χ4n) is 2.44. The molecular formula is C20H15NO. The fraction of sp³-hybridized carbons (Fsp3) is 0.0500. The molecule has 0 aliphatic rings. The predicted octanol–water partition coefficient (Wildman–Crippen LogP) is 4.89. The molecular weight excluding hydrogens is 270 g/mol. The van der Waals surface area contributed by atoms with Crippen molar-refractivity contribution in [2.45, 2.75) is 0 Å². The van der Waals surface area contributed by atoms with Gasteiger partial charge in [-0.3, -0.25) is 0 Å². The molecule has 106 valence electrons. The Labute approximate surface area is 129 Å². The van der Waals surface area contributed by atoms with E-state index in [4.69, 9.17) is 10.00 Å². The lowest BCUT2D eigenvalue weighted by atomic mass is 10.0. The van der Waals surface area contributed by atoms with E-state index in [1.807, 2.05) is 48.5 Å². The number of hydrogen-bond acceptors (Lipinski definition) is 2. The molecule has 2 nitrogen and oxygen atoms in total. The Morgan fingerprint density at radius 2 is 1.82 bits per heavy atom. The average molecular weight is 285 g/mol. The van der Waals surface area contributed by atoms with E-state index in [2.05, 4.69) is 30.4 Å². The fourth-order valence-corrected chi connectivity index (χ4v) is 2.44. The van der Waals surface area contributed by atoms with E-state index in [0.717, 1.165) is 27.6 Å². The zero-order chi connectivity index (χ0) is 15.4. The van der Waals surface area contributed by atoms with Gasteiger partial charge in [0.25, 0.3) is 0 Å². The topological polar surface area (TPSA) is 33.0 Å². The van der Waals surface area contributed by atoms with Gasteiger partial charge in [-0.2, -0.15) is 5.26 Å². The first-order valence-electron chi connectivity index (χ1n) is 7.05. The van der Waals surface area contributed by atoms with Gasteiger partial charge in [0.2, 0.25) is 0 Å². The van der Waals surface area contributed by atoms with Gasteiger partial charge in [0, 0.05) is 0 Å². The molecule has 22 heavy (non-hydrogen) atoms. The lowest BCUT2D eigenvalue weighted by molar-refractivity contribution is 0.414. The van der Waals surface area contributed by atoms with Crippen LogP contribution in [0.5, 0.6) is 5.75 Å². The van der Waals surface area contributed by atoms with Crippen LogP contribution in [0.1, 0.15) is 16.7 Å². The van der Waals surface area contributed by atoms with E-state index >= 15 is 0 Å². The van der Waals surface area contributed by atoms with Crippen molar-refractivity contribution in [2.24, 2.45) is 0 Å². The Hall–Kier alpha value is -3.05. The van der Waals surface area contributed by atoms with E-state index in [-0.39, 0.29) is 0 Å². The minimum absolute atomic E-state index is 0.676. The molecule has 0 radical (unpaired) electrons. The number of nitriles is 1. The first kappa shape index (κ1) is 13.9. The third kappa shape index (κ3) is 2.84. The van der Waals surface area contributed by atoms with E-state index < -0.39 is 0 Å². The van der Waals surface area contributed by atoms with Crippen LogP contribution in [0.15, 0.2) is 60.7 Å². The van der Waals surface area contributed by atoms with Crippen molar-refractivity contribution in [1.29, 1.82) is 5.26 Å². The SMILES string of the molecule is COc1cccc(/C=C/c2cccc3ccc(C#N)cc23)c1. The Bertz CT molecular complexity index is 888. The van der Waals surface area contributed by atoms with E-state index in [9.17, 15) is 0 Å². The van der Waals surface area contributed by atoms with Crippen molar-refractivity contribution in [3.63, 3.8) is 0 Å². The molecule has 3 rings (SSSR count). The maximum atomic E-state index is 9.07. The molecule has 0 fully saturated rings. The van der Waals surface area contributed by atoms with Crippen LogP contribution in [0, 0.1) is 11.3 Å². The lowest BCUT2D eigenvalue weighted by Crippen LogP contribution is -1.83. The number of methoxy groups -OCH3 is 1. The van der Waals surface area contributed by atoms with E-state index in [1.165, 1.54) is 0 Å². The smallest absolute Gasteiger partial charge is 0.119 e. The monoisotopic (exact) mass is 285 g/mol. The summed E-state index contributed by atoms with van der Waals surface area (Å²) in [6.07, 6.45) is 4.12. The highest BCUT2D eigenvalue weighted by Crippen LogP contribution is 2.23. The van der Waals surface area contributed by atoms with Gasteiger partial charge >= 0.3 is 0 Å². The molecule has 0 saturated carbocycles. The standard InChI is InChI=1S/C20H15NO/c1-22-19-7-2-4-15(12-19)8-10-17-5-3-6-18-11-9-16(14-21)13-20(17)18/h2-13H,1H3/b10-8+. The molecule has 0 aliphatic carbocycles. The summed E-state index contributed by atoms with van der Waals surface area (Å²) in [4.78, 5) is 0. The van der Waals surface area contributed by atoms with Crippen molar-refractivity contribution >= 4 is 22.9 Å². The van der Waals surface area contributed by atoms with Crippen molar-refractivity contribution in [3.8, 4) is 11.8 Å². The maximum Gasteiger partial charge on any atom is 0.119 e. The molecule has 0 aromatic heterocycles. The van der Waals surface area contributed by atoms with Gasteiger partial charge in [-0.1, -0.05) is 48.6 Å². The second-order valence-electron chi connectivity index (χ2n) is 5.00. The molecule has 0 amide bonds. The molecule has 0 saturated heterocycles. The maximum absolute atomic E-state index is 9.07. The number of nitrogens with zero attached hydrogens (tertiary/aromatic N) is 1. The van der Waals surface area contributed by atoms with Crippen LogP contribution in [0.3, 0.4) is 0 Å². The number of rotatable bonds is 3. The minimum Gasteiger partial charge on any atom is -0.497 e. The highest BCUT2D eigenvalue weighted by atomic mass is 16.5. The Morgan fingerprint density at radius 1 is 0.955 bits per heavy atom. The second-order valence-corrected chi connectivity index (χ2v) is 5.00. The summed E-state index contributed by atoms with van der Waals surface area (Å²) in [5.41, 5.74) is 2.85. The molecule has 0 spiro atoms. The number of ether oxygens (including phenoxy) is 1. The van der Waals surface area contributed by atoms with Crippen molar-refractivity contribution in [3.05, 3.63) is 77.4 Å². The summed E-state index contributed by atoms with van der Waals surface area (Å²) < 4.78 is 5.24. The van der Waals surface area contributed by atoms with Gasteiger partial charge in [-0.15, -0.1) is 0 Å². The average Bonchev–Trinajstić information content (AvgIpc) is 2.59. The first-order chi connectivity index (χ1) is 10.8. The highest BCUT2D eigenvalue weighted by molar-refractivity contribution is 5.93. The molecule has 0 unspecified atom stereocenters. The van der Waals surface area contributed by atoms with Gasteiger partial charge < -0.3 is 4.74 Å². The van der Waals surface area contributed by atoms with Crippen LogP contribution in [-0.2, 0) is 0 Å². The molecule has 0 heterocycles. The first-order valence-corrected chi connectivity index (χ1v) is 7.05. The largest absolute Gasteiger partial charge is 0.497 e. The minimum atomic E-state index is 0.676. The van der Waals surface area contributed by atoms with Crippen LogP contribution in [0.2, 0.25) is 0 Å². The van der Waals surface area contributed by atoms with Gasteiger partial charge in [0.1, 0.15) is 5.75 Å². The quantitative estimate of drug-likeness (QED) is 0.642. The Morgan fingerprint density at radius 3 is 2.64 bits per heavy atom. The van der Waals surface area contributed by atoms with Crippen LogP contribution in [0.4, 0.5) is 0 Å². The van der Waals surface area contributed by atoms with Gasteiger partial charge in [0.15, 0.2) is 0 Å². The highest BCUT2D eigenvalue weighted by Gasteiger charge is 2.00. The number of hydrogen-bond donors (Lipinski definition) is 0. The number of fused-ring (bicyclic) bond motifs is 1.